The van der Waals surface area contributed by atoms with Crippen molar-refractivity contribution in [1.82, 2.24) is 0 Å². The van der Waals surface area contributed by atoms with Gasteiger partial charge in [0.25, 0.3) is 0 Å². The summed E-state index contributed by atoms with van der Waals surface area (Å²) in [7, 11) is 0. The highest BCUT2D eigenvalue weighted by molar-refractivity contribution is 9.11. The summed E-state index contributed by atoms with van der Waals surface area (Å²) in [5, 5.41) is 0.766. The fourth-order valence-corrected chi connectivity index (χ4v) is 3.48. The van der Waals surface area contributed by atoms with Crippen molar-refractivity contribution in [2.75, 3.05) is 0 Å². The van der Waals surface area contributed by atoms with Gasteiger partial charge in [-0.3, -0.25) is 0 Å². The lowest BCUT2D eigenvalue weighted by molar-refractivity contribution is 1.13. The number of benzene rings is 2. The van der Waals surface area contributed by atoms with Gasteiger partial charge in [0.05, 0.1) is 15.4 Å². The molecule has 94 valence electrons. The summed E-state index contributed by atoms with van der Waals surface area (Å²) in [5.74, 6) is 0. The average Bonchev–Trinajstić information content (AvgIpc) is 2.30. The molecule has 0 fully saturated rings. The molecule has 18 heavy (non-hydrogen) atoms. The van der Waals surface area contributed by atoms with E-state index in [1.807, 2.05) is 24.3 Å². The molecule has 0 aromatic heterocycles. The van der Waals surface area contributed by atoms with E-state index in [-0.39, 0.29) is 5.38 Å². The first-order valence-electron chi connectivity index (χ1n) is 5.02. The maximum absolute atomic E-state index is 6.46. The number of hydrogen-bond donors (Lipinski definition) is 0. The molecule has 0 spiro atoms. The molecule has 1 atom stereocenters. The molecule has 0 radical (unpaired) electrons. The Kier molecular flexibility index (Phi) is 5.01. The molecule has 2 rings (SSSR count). The van der Waals surface area contributed by atoms with Crippen LogP contribution in [0.2, 0.25) is 10.0 Å². The zero-order valence-electron chi connectivity index (χ0n) is 8.93. The third-order valence-electron chi connectivity index (χ3n) is 2.41. The largest absolute Gasteiger partial charge is 0.113 e. The highest BCUT2D eigenvalue weighted by Crippen LogP contribution is 2.35. The molecule has 0 bridgehead atoms. The van der Waals surface area contributed by atoms with Gasteiger partial charge in [-0.15, -0.1) is 11.6 Å². The van der Waals surface area contributed by atoms with Crippen molar-refractivity contribution in [3.05, 3.63) is 66.5 Å². The maximum Gasteiger partial charge on any atom is 0.0836 e. The Labute approximate surface area is 137 Å². The first-order chi connectivity index (χ1) is 8.47. The molecule has 0 aliphatic carbocycles. The second kappa shape index (κ2) is 6.15. The van der Waals surface area contributed by atoms with Crippen LogP contribution >= 0.6 is 66.7 Å². The molecule has 0 N–H and O–H groups in total. The summed E-state index contributed by atoms with van der Waals surface area (Å²) in [4.78, 5) is 0. The van der Waals surface area contributed by atoms with Crippen molar-refractivity contribution in [2.24, 2.45) is 0 Å². The van der Waals surface area contributed by atoms with E-state index in [0.717, 1.165) is 20.1 Å². The number of hydrogen-bond acceptors (Lipinski definition) is 0. The van der Waals surface area contributed by atoms with Crippen molar-refractivity contribution in [1.29, 1.82) is 0 Å². The van der Waals surface area contributed by atoms with E-state index in [9.17, 15) is 0 Å². The molecular formula is C13H7Br2Cl3. The molecule has 0 aliphatic rings. The zero-order chi connectivity index (χ0) is 13.3. The first-order valence-corrected chi connectivity index (χ1v) is 7.80. The van der Waals surface area contributed by atoms with Crippen molar-refractivity contribution < 1.29 is 0 Å². The van der Waals surface area contributed by atoms with Gasteiger partial charge in [0.2, 0.25) is 0 Å². The molecule has 2 aromatic rings. The second-order valence-corrected chi connectivity index (χ2v) is 6.82. The minimum atomic E-state index is -0.270. The average molecular weight is 429 g/mol. The predicted octanol–water partition coefficient (Wildman–Crippen LogP) is 6.85. The smallest absolute Gasteiger partial charge is 0.0836 e. The molecule has 0 heterocycles. The molecule has 1 unspecified atom stereocenters. The van der Waals surface area contributed by atoms with Crippen LogP contribution in [-0.2, 0) is 0 Å². The molecule has 0 aliphatic heterocycles. The monoisotopic (exact) mass is 426 g/mol. The third-order valence-corrected chi connectivity index (χ3v) is 4.57. The Morgan fingerprint density at radius 3 is 1.94 bits per heavy atom. The first kappa shape index (κ1) is 14.7. The van der Waals surface area contributed by atoms with Gasteiger partial charge in [-0.05, 0) is 41.5 Å². The number of alkyl halides is 1. The van der Waals surface area contributed by atoms with Gasteiger partial charge < -0.3 is 0 Å². The number of halogens is 5. The van der Waals surface area contributed by atoms with Crippen LogP contribution in [0.15, 0.2) is 45.3 Å². The molecule has 0 saturated heterocycles. The van der Waals surface area contributed by atoms with Gasteiger partial charge in [-0.2, -0.15) is 0 Å². The van der Waals surface area contributed by atoms with Crippen LogP contribution in [0.4, 0.5) is 0 Å². The maximum atomic E-state index is 6.46. The van der Waals surface area contributed by atoms with Gasteiger partial charge in [0.15, 0.2) is 0 Å². The third kappa shape index (κ3) is 3.43. The summed E-state index contributed by atoms with van der Waals surface area (Å²) in [5.41, 5.74) is 1.90. The lowest BCUT2D eigenvalue weighted by Gasteiger charge is -2.12. The van der Waals surface area contributed by atoms with Crippen LogP contribution < -0.4 is 0 Å². The summed E-state index contributed by atoms with van der Waals surface area (Å²) in [6.45, 7) is 0. The van der Waals surface area contributed by atoms with Gasteiger partial charge in [0.1, 0.15) is 0 Å². The number of rotatable bonds is 2. The van der Waals surface area contributed by atoms with E-state index in [0.29, 0.717) is 10.0 Å². The van der Waals surface area contributed by atoms with Crippen molar-refractivity contribution in [3.8, 4) is 0 Å². The van der Waals surface area contributed by atoms with Crippen molar-refractivity contribution in [2.45, 2.75) is 5.38 Å². The summed E-state index contributed by atoms with van der Waals surface area (Å²) >= 11 is 25.2. The van der Waals surface area contributed by atoms with Gasteiger partial charge in [0, 0.05) is 8.95 Å². The minimum Gasteiger partial charge on any atom is -0.113 e. The Morgan fingerprint density at radius 2 is 1.39 bits per heavy atom. The van der Waals surface area contributed by atoms with Crippen LogP contribution in [0.3, 0.4) is 0 Å². The minimum absolute atomic E-state index is 0.270. The Morgan fingerprint density at radius 1 is 0.778 bits per heavy atom. The van der Waals surface area contributed by atoms with E-state index in [2.05, 4.69) is 31.9 Å². The predicted molar refractivity (Wildman–Crippen MR) is 86.0 cm³/mol. The Bertz CT molecular complexity index is 564. The quantitative estimate of drug-likeness (QED) is 0.458. The van der Waals surface area contributed by atoms with Crippen LogP contribution in [-0.4, -0.2) is 0 Å². The normalized spacial score (nSPS) is 12.5. The topological polar surface area (TPSA) is 0 Å². The fourth-order valence-electron chi connectivity index (χ4n) is 1.58. The van der Waals surface area contributed by atoms with Crippen molar-refractivity contribution in [3.63, 3.8) is 0 Å². The molecule has 2 aromatic carbocycles. The fraction of sp³-hybridized carbons (Fsp3) is 0.0769. The summed E-state index contributed by atoms with van der Waals surface area (Å²) in [6.07, 6.45) is 0. The van der Waals surface area contributed by atoms with E-state index in [1.54, 1.807) is 12.1 Å². The zero-order valence-corrected chi connectivity index (χ0v) is 14.4. The Balaban J connectivity index is 2.40. The van der Waals surface area contributed by atoms with E-state index < -0.39 is 0 Å². The van der Waals surface area contributed by atoms with Gasteiger partial charge in [-0.25, -0.2) is 0 Å². The second-order valence-electron chi connectivity index (χ2n) is 3.74. The van der Waals surface area contributed by atoms with E-state index in [4.69, 9.17) is 34.8 Å². The lowest BCUT2D eigenvalue weighted by Crippen LogP contribution is -1.93. The molecule has 5 heteroatoms. The van der Waals surface area contributed by atoms with Crippen LogP contribution in [0.1, 0.15) is 16.5 Å². The van der Waals surface area contributed by atoms with Crippen LogP contribution in [0.25, 0.3) is 0 Å². The van der Waals surface area contributed by atoms with Crippen molar-refractivity contribution >= 4 is 66.7 Å². The standard InChI is InChI=1S/C13H7Br2Cl3/c14-9-3-8(4-10(15)6-9)13(18)7-1-2-11(16)12(17)5-7/h1-6,13H. The molecule has 0 amide bonds. The summed E-state index contributed by atoms with van der Waals surface area (Å²) in [6, 6.07) is 11.3. The molecule has 0 nitrogen and oxygen atoms in total. The van der Waals surface area contributed by atoms with Crippen LogP contribution in [0, 0.1) is 0 Å². The molecule has 0 saturated carbocycles. The van der Waals surface area contributed by atoms with Gasteiger partial charge in [-0.1, -0.05) is 61.1 Å². The van der Waals surface area contributed by atoms with Gasteiger partial charge >= 0.3 is 0 Å². The lowest BCUT2D eigenvalue weighted by atomic mass is 10.0. The summed E-state index contributed by atoms with van der Waals surface area (Å²) < 4.78 is 1.94. The SMILES string of the molecule is Clc1ccc(C(Cl)c2cc(Br)cc(Br)c2)cc1Cl. The van der Waals surface area contributed by atoms with E-state index >= 15 is 0 Å². The molecular weight excluding hydrogens is 422 g/mol. The highest BCUT2D eigenvalue weighted by Gasteiger charge is 2.13. The highest BCUT2D eigenvalue weighted by atomic mass is 79.9. The van der Waals surface area contributed by atoms with Crippen LogP contribution in [0.5, 0.6) is 0 Å². The Hall–Kier alpha value is 0.270. The van der Waals surface area contributed by atoms with E-state index in [1.165, 1.54) is 0 Å².